The number of sulfone groups is 1. The quantitative estimate of drug-likeness (QED) is 0.521. The van der Waals surface area contributed by atoms with Crippen molar-refractivity contribution in [2.75, 3.05) is 20.0 Å². The summed E-state index contributed by atoms with van der Waals surface area (Å²) < 4.78 is 33.7. The Kier molecular flexibility index (Phi) is 5.97. The maximum atomic E-state index is 12.1. The van der Waals surface area contributed by atoms with Crippen molar-refractivity contribution in [3.8, 4) is 5.75 Å². The lowest BCUT2D eigenvalue weighted by atomic mass is 10.1. The Labute approximate surface area is 153 Å². The van der Waals surface area contributed by atoms with E-state index in [-0.39, 0.29) is 10.5 Å². The SMILES string of the molecule is COc1ccc(C(=O)COC(=O)c2cccc(S(C)(=O)=O)c2)cc1Br. The summed E-state index contributed by atoms with van der Waals surface area (Å²) in [5.41, 5.74) is 0.414. The molecule has 0 radical (unpaired) electrons. The monoisotopic (exact) mass is 426 g/mol. The van der Waals surface area contributed by atoms with Crippen LogP contribution in [0.3, 0.4) is 0 Å². The van der Waals surface area contributed by atoms with Crippen molar-refractivity contribution in [2.24, 2.45) is 0 Å². The predicted molar refractivity (Wildman–Crippen MR) is 94.9 cm³/mol. The Balaban J connectivity index is 2.07. The second-order valence-electron chi connectivity index (χ2n) is 5.15. The third-order valence-corrected chi connectivity index (χ3v) is 5.04. The molecular weight excluding hydrogens is 412 g/mol. The van der Waals surface area contributed by atoms with Gasteiger partial charge < -0.3 is 9.47 Å². The van der Waals surface area contributed by atoms with Crippen molar-refractivity contribution in [1.82, 2.24) is 0 Å². The molecule has 132 valence electrons. The van der Waals surface area contributed by atoms with Crippen molar-refractivity contribution < 1.29 is 27.5 Å². The Morgan fingerprint density at radius 2 is 1.80 bits per heavy atom. The van der Waals surface area contributed by atoms with E-state index in [2.05, 4.69) is 15.9 Å². The summed E-state index contributed by atoms with van der Waals surface area (Å²) in [4.78, 5) is 24.2. The first-order valence-corrected chi connectivity index (χ1v) is 9.75. The molecule has 25 heavy (non-hydrogen) atoms. The van der Waals surface area contributed by atoms with Crippen LogP contribution in [-0.2, 0) is 14.6 Å². The lowest BCUT2D eigenvalue weighted by Gasteiger charge is -2.07. The molecule has 0 aliphatic heterocycles. The number of ketones is 1. The Bertz CT molecular complexity index is 920. The summed E-state index contributed by atoms with van der Waals surface area (Å²) >= 11 is 3.28. The molecule has 0 saturated heterocycles. The minimum Gasteiger partial charge on any atom is -0.496 e. The Morgan fingerprint density at radius 3 is 2.40 bits per heavy atom. The minimum absolute atomic E-state index is 0.00682. The van der Waals surface area contributed by atoms with Gasteiger partial charge in [-0.05, 0) is 52.3 Å². The standard InChI is InChI=1S/C17H15BrO6S/c1-23-16-7-6-11(9-14(16)18)15(19)10-24-17(20)12-4-3-5-13(8-12)25(2,21)22/h3-9H,10H2,1-2H3. The molecule has 0 unspecified atom stereocenters. The first kappa shape index (κ1) is 19.1. The van der Waals surface area contributed by atoms with E-state index >= 15 is 0 Å². The number of hydrogen-bond acceptors (Lipinski definition) is 6. The van der Waals surface area contributed by atoms with Gasteiger partial charge in [-0.1, -0.05) is 6.07 Å². The summed E-state index contributed by atoms with van der Waals surface area (Å²) in [6.07, 6.45) is 1.04. The van der Waals surface area contributed by atoms with Crippen LogP contribution in [-0.4, -0.2) is 40.1 Å². The number of hydrogen-bond donors (Lipinski definition) is 0. The minimum atomic E-state index is -3.44. The third-order valence-electron chi connectivity index (χ3n) is 3.31. The van der Waals surface area contributed by atoms with Gasteiger partial charge in [0.2, 0.25) is 0 Å². The zero-order valence-electron chi connectivity index (χ0n) is 13.5. The van der Waals surface area contributed by atoms with Crippen molar-refractivity contribution in [2.45, 2.75) is 4.90 Å². The highest BCUT2D eigenvalue weighted by Crippen LogP contribution is 2.25. The molecule has 0 aliphatic carbocycles. The van der Waals surface area contributed by atoms with E-state index in [1.807, 2.05) is 0 Å². The highest BCUT2D eigenvalue weighted by atomic mass is 79.9. The van der Waals surface area contributed by atoms with E-state index in [4.69, 9.17) is 9.47 Å². The van der Waals surface area contributed by atoms with Crippen LogP contribution in [0.1, 0.15) is 20.7 Å². The summed E-state index contributed by atoms with van der Waals surface area (Å²) in [5.74, 6) is -0.589. The second-order valence-corrected chi connectivity index (χ2v) is 8.02. The molecule has 0 aromatic heterocycles. The summed E-state index contributed by atoms with van der Waals surface area (Å²) in [5, 5.41) is 0. The van der Waals surface area contributed by atoms with Crippen LogP contribution >= 0.6 is 15.9 Å². The van der Waals surface area contributed by atoms with Gasteiger partial charge in [0.1, 0.15) is 5.75 Å². The van der Waals surface area contributed by atoms with Crippen molar-refractivity contribution in [3.05, 3.63) is 58.1 Å². The van der Waals surface area contributed by atoms with E-state index < -0.39 is 28.2 Å². The number of carbonyl (C=O) groups excluding carboxylic acids is 2. The van der Waals surface area contributed by atoms with Crippen LogP contribution in [0.25, 0.3) is 0 Å². The number of Topliss-reactive ketones (excluding diaryl/α,β-unsaturated/α-hetero) is 1. The van der Waals surface area contributed by atoms with Crippen LogP contribution in [0.5, 0.6) is 5.75 Å². The Morgan fingerprint density at radius 1 is 1.08 bits per heavy atom. The molecular formula is C17H15BrO6S. The number of methoxy groups -OCH3 is 1. The molecule has 2 aromatic rings. The molecule has 2 rings (SSSR count). The zero-order valence-corrected chi connectivity index (χ0v) is 15.9. The fourth-order valence-electron chi connectivity index (χ4n) is 1.99. The van der Waals surface area contributed by atoms with Crippen molar-refractivity contribution >= 4 is 37.5 Å². The fourth-order valence-corrected chi connectivity index (χ4v) is 3.20. The van der Waals surface area contributed by atoms with Crippen molar-refractivity contribution in [3.63, 3.8) is 0 Å². The maximum Gasteiger partial charge on any atom is 0.338 e. The number of rotatable bonds is 6. The molecule has 0 bridgehead atoms. The van der Waals surface area contributed by atoms with Gasteiger partial charge in [0.05, 0.1) is 22.0 Å². The zero-order chi connectivity index (χ0) is 18.6. The summed E-state index contributed by atoms with van der Waals surface area (Å²) in [6, 6.07) is 10.2. The van der Waals surface area contributed by atoms with Gasteiger partial charge in [-0.2, -0.15) is 0 Å². The molecule has 0 saturated carbocycles. The molecule has 0 fully saturated rings. The topological polar surface area (TPSA) is 86.7 Å². The smallest absolute Gasteiger partial charge is 0.338 e. The molecule has 0 aliphatic rings. The van der Waals surface area contributed by atoms with E-state index in [1.165, 1.54) is 31.4 Å². The molecule has 2 aromatic carbocycles. The number of halogens is 1. The van der Waals surface area contributed by atoms with Crippen LogP contribution in [0, 0.1) is 0 Å². The fraction of sp³-hybridized carbons (Fsp3) is 0.176. The molecule has 8 heteroatoms. The Hall–Kier alpha value is -2.19. The molecule has 0 atom stereocenters. The number of carbonyl (C=O) groups is 2. The molecule has 0 N–H and O–H groups in total. The molecule has 0 amide bonds. The van der Waals surface area contributed by atoms with Gasteiger partial charge in [-0.25, -0.2) is 13.2 Å². The van der Waals surface area contributed by atoms with Crippen LogP contribution < -0.4 is 4.74 Å². The van der Waals surface area contributed by atoms with E-state index in [1.54, 1.807) is 18.2 Å². The number of benzene rings is 2. The van der Waals surface area contributed by atoms with Gasteiger partial charge >= 0.3 is 5.97 Å². The number of esters is 1. The van der Waals surface area contributed by atoms with E-state index in [0.717, 1.165) is 6.26 Å². The van der Waals surface area contributed by atoms with E-state index in [9.17, 15) is 18.0 Å². The highest BCUT2D eigenvalue weighted by molar-refractivity contribution is 9.10. The normalized spacial score (nSPS) is 11.0. The third kappa shape index (κ3) is 4.90. The molecule has 0 heterocycles. The van der Waals surface area contributed by atoms with Crippen molar-refractivity contribution in [1.29, 1.82) is 0 Å². The first-order chi connectivity index (χ1) is 11.7. The van der Waals surface area contributed by atoms with Crippen LogP contribution in [0.4, 0.5) is 0 Å². The highest BCUT2D eigenvalue weighted by Gasteiger charge is 2.15. The lowest BCUT2D eigenvalue weighted by molar-refractivity contribution is 0.0474. The van der Waals surface area contributed by atoms with Gasteiger partial charge in [-0.15, -0.1) is 0 Å². The lowest BCUT2D eigenvalue weighted by Crippen LogP contribution is -2.14. The average Bonchev–Trinajstić information content (AvgIpc) is 2.58. The van der Waals surface area contributed by atoms with Gasteiger partial charge in [0.15, 0.2) is 22.2 Å². The molecule has 6 nitrogen and oxygen atoms in total. The average molecular weight is 427 g/mol. The van der Waals surface area contributed by atoms with E-state index in [0.29, 0.717) is 15.8 Å². The predicted octanol–water partition coefficient (Wildman–Crippen LogP) is 2.90. The summed E-state index contributed by atoms with van der Waals surface area (Å²) in [6.45, 7) is -0.458. The second kappa shape index (κ2) is 7.79. The van der Waals surface area contributed by atoms with Gasteiger partial charge in [0.25, 0.3) is 0 Å². The van der Waals surface area contributed by atoms with Gasteiger partial charge in [0, 0.05) is 11.8 Å². The maximum absolute atomic E-state index is 12.1. The van der Waals surface area contributed by atoms with Gasteiger partial charge in [-0.3, -0.25) is 4.79 Å². The molecule has 0 spiro atoms. The van der Waals surface area contributed by atoms with Crippen LogP contribution in [0.15, 0.2) is 51.8 Å². The largest absolute Gasteiger partial charge is 0.496 e. The number of ether oxygens (including phenoxy) is 2. The summed E-state index contributed by atoms with van der Waals surface area (Å²) in [7, 11) is -1.93. The first-order valence-electron chi connectivity index (χ1n) is 7.06. The van der Waals surface area contributed by atoms with Crippen LogP contribution in [0.2, 0.25) is 0 Å².